The molecule has 0 aromatic carbocycles. The van der Waals surface area contributed by atoms with E-state index in [4.69, 9.17) is 10.5 Å². The highest BCUT2D eigenvalue weighted by Crippen LogP contribution is 2.24. The lowest BCUT2D eigenvalue weighted by atomic mass is 10.3. The van der Waals surface area contributed by atoms with Gasteiger partial charge in [-0.3, -0.25) is 0 Å². The Morgan fingerprint density at radius 2 is 2.77 bits per heavy atom. The highest BCUT2D eigenvalue weighted by Gasteiger charge is 2.24. The molecule has 1 aromatic rings. The number of rotatable bonds is 2. The van der Waals surface area contributed by atoms with Gasteiger partial charge >= 0.3 is 6.09 Å². The van der Waals surface area contributed by atoms with Gasteiger partial charge in [-0.05, 0) is 0 Å². The molecular weight excluding hydrogens is 174 g/mol. The lowest BCUT2D eigenvalue weighted by Crippen LogP contribution is -2.21. The number of carbonyl (C=O) groups is 1. The van der Waals surface area contributed by atoms with Crippen LogP contribution in [0, 0.1) is 0 Å². The van der Waals surface area contributed by atoms with Crippen molar-refractivity contribution in [1.82, 2.24) is 9.78 Å². The average Bonchev–Trinajstić information content (AvgIpc) is 2.60. The van der Waals surface area contributed by atoms with Gasteiger partial charge in [0.2, 0.25) is 5.88 Å². The second-order valence-corrected chi connectivity index (χ2v) is 2.71. The molecule has 0 radical (unpaired) electrons. The second-order valence-electron chi connectivity index (χ2n) is 2.71. The molecule has 0 fully saturated rings. The smallest absolute Gasteiger partial charge is 0.404 e. The zero-order chi connectivity index (χ0) is 9.26. The average molecular weight is 183 g/mol. The fourth-order valence-electron chi connectivity index (χ4n) is 1.24. The predicted octanol–water partition coefficient (Wildman–Crippen LogP) is -0.0881. The number of hydrogen-bond donors (Lipinski definition) is 1. The molecule has 1 unspecified atom stereocenters. The molecular formula is C7H9N3O3. The van der Waals surface area contributed by atoms with Crippen LogP contribution in [0.1, 0.15) is 6.04 Å². The first-order valence-corrected chi connectivity index (χ1v) is 3.86. The van der Waals surface area contributed by atoms with Crippen molar-refractivity contribution in [3.8, 4) is 5.88 Å². The third-order valence-electron chi connectivity index (χ3n) is 1.82. The van der Waals surface area contributed by atoms with Gasteiger partial charge in [-0.25, -0.2) is 9.48 Å². The number of carbonyl (C=O) groups excluding carboxylic acids is 1. The van der Waals surface area contributed by atoms with E-state index in [0.717, 1.165) is 0 Å². The minimum absolute atomic E-state index is 0.0579. The quantitative estimate of drug-likeness (QED) is 0.695. The fourth-order valence-corrected chi connectivity index (χ4v) is 1.24. The van der Waals surface area contributed by atoms with Crippen molar-refractivity contribution in [2.24, 2.45) is 5.73 Å². The second kappa shape index (κ2) is 2.96. The van der Waals surface area contributed by atoms with Crippen molar-refractivity contribution in [3.63, 3.8) is 0 Å². The Morgan fingerprint density at radius 1 is 1.92 bits per heavy atom. The summed E-state index contributed by atoms with van der Waals surface area (Å²) in [5, 5.41) is 4.02. The Morgan fingerprint density at radius 3 is 3.54 bits per heavy atom. The largest absolute Gasteiger partial charge is 0.475 e. The minimum atomic E-state index is -0.777. The number of fused-ring (bicyclic) bond motifs is 1. The summed E-state index contributed by atoms with van der Waals surface area (Å²) in [6, 6.07) is 1.70. The molecule has 70 valence electrons. The number of nitrogens with two attached hydrogens (primary N) is 1. The van der Waals surface area contributed by atoms with Crippen LogP contribution in [0.5, 0.6) is 5.88 Å². The van der Waals surface area contributed by atoms with Crippen molar-refractivity contribution in [3.05, 3.63) is 12.3 Å². The highest BCUT2D eigenvalue weighted by molar-refractivity contribution is 5.64. The van der Waals surface area contributed by atoms with Crippen LogP contribution < -0.4 is 10.5 Å². The molecule has 6 nitrogen and oxygen atoms in total. The first-order valence-electron chi connectivity index (χ1n) is 3.86. The van der Waals surface area contributed by atoms with Gasteiger partial charge in [0, 0.05) is 6.07 Å². The van der Waals surface area contributed by atoms with Crippen LogP contribution in [0.25, 0.3) is 0 Å². The van der Waals surface area contributed by atoms with Gasteiger partial charge in [-0.1, -0.05) is 0 Å². The van der Waals surface area contributed by atoms with E-state index in [0.29, 0.717) is 12.5 Å². The Labute approximate surface area is 74.2 Å². The third-order valence-corrected chi connectivity index (χ3v) is 1.82. The Kier molecular flexibility index (Phi) is 1.80. The maximum Gasteiger partial charge on any atom is 0.404 e. The molecule has 2 heterocycles. The number of aromatic nitrogens is 2. The number of nitrogens with zero attached hydrogens (tertiary/aromatic N) is 2. The molecule has 1 aromatic heterocycles. The van der Waals surface area contributed by atoms with Gasteiger partial charge in [0.05, 0.1) is 6.20 Å². The molecule has 0 aliphatic carbocycles. The summed E-state index contributed by atoms with van der Waals surface area (Å²) >= 11 is 0. The molecule has 6 heteroatoms. The van der Waals surface area contributed by atoms with Gasteiger partial charge in [-0.2, -0.15) is 5.10 Å². The van der Waals surface area contributed by atoms with Crippen LogP contribution in [0.2, 0.25) is 0 Å². The zero-order valence-electron chi connectivity index (χ0n) is 6.84. The standard InChI is InChI=1S/C7H9N3O3/c8-7(11)13-4-5-3-12-6-1-2-9-10(5)6/h1-2,5H,3-4H2,(H2,8,11). The van der Waals surface area contributed by atoms with Gasteiger partial charge in [0.25, 0.3) is 0 Å². The van der Waals surface area contributed by atoms with Gasteiger partial charge in [-0.15, -0.1) is 0 Å². The topological polar surface area (TPSA) is 79.4 Å². The van der Waals surface area contributed by atoms with Crippen LogP contribution in [0.15, 0.2) is 12.3 Å². The summed E-state index contributed by atoms with van der Waals surface area (Å²) in [6.45, 7) is 0.667. The van der Waals surface area contributed by atoms with E-state index in [-0.39, 0.29) is 12.6 Å². The Hall–Kier alpha value is -1.72. The van der Waals surface area contributed by atoms with E-state index in [1.54, 1.807) is 16.9 Å². The lowest BCUT2D eigenvalue weighted by molar-refractivity contribution is 0.133. The summed E-state index contributed by atoms with van der Waals surface area (Å²) in [7, 11) is 0. The van der Waals surface area contributed by atoms with E-state index in [9.17, 15) is 4.79 Å². The zero-order valence-corrected chi connectivity index (χ0v) is 6.84. The number of amides is 1. The SMILES string of the molecule is NC(=O)OCC1COc2ccnn21. The van der Waals surface area contributed by atoms with Gasteiger partial charge in [0.15, 0.2) is 0 Å². The molecule has 2 rings (SSSR count). The lowest BCUT2D eigenvalue weighted by Gasteiger charge is -2.07. The predicted molar refractivity (Wildman–Crippen MR) is 42.3 cm³/mol. The molecule has 0 saturated heterocycles. The maximum absolute atomic E-state index is 10.3. The monoisotopic (exact) mass is 183 g/mol. The van der Waals surface area contributed by atoms with Crippen LogP contribution in [-0.4, -0.2) is 29.1 Å². The fraction of sp³-hybridized carbons (Fsp3) is 0.429. The highest BCUT2D eigenvalue weighted by atomic mass is 16.6. The van der Waals surface area contributed by atoms with E-state index in [1.807, 2.05) is 0 Å². The van der Waals surface area contributed by atoms with Crippen LogP contribution >= 0.6 is 0 Å². The van der Waals surface area contributed by atoms with Gasteiger partial charge < -0.3 is 15.2 Å². The van der Waals surface area contributed by atoms with Crippen LogP contribution in [0.3, 0.4) is 0 Å². The van der Waals surface area contributed by atoms with Crippen molar-refractivity contribution >= 4 is 6.09 Å². The van der Waals surface area contributed by atoms with Crippen LogP contribution in [-0.2, 0) is 4.74 Å². The van der Waals surface area contributed by atoms with Crippen molar-refractivity contribution < 1.29 is 14.3 Å². The van der Waals surface area contributed by atoms with E-state index in [2.05, 4.69) is 9.84 Å². The van der Waals surface area contributed by atoms with E-state index >= 15 is 0 Å². The van der Waals surface area contributed by atoms with Crippen molar-refractivity contribution in [2.75, 3.05) is 13.2 Å². The molecule has 1 aliphatic heterocycles. The van der Waals surface area contributed by atoms with Crippen LogP contribution in [0.4, 0.5) is 4.79 Å². The molecule has 0 saturated carbocycles. The van der Waals surface area contributed by atoms with Gasteiger partial charge in [0.1, 0.15) is 19.3 Å². The number of hydrogen-bond acceptors (Lipinski definition) is 4. The van der Waals surface area contributed by atoms with Crippen molar-refractivity contribution in [1.29, 1.82) is 0 Å². The Balaban J connectivity index is 2.00. The molecule has 13 heavy (non-hydrogen) atoms. The van der Waals surface area contributed by atoms with E-state index < -0.39 is 6.09 Å². The number of ether oxygens (including phenoxy) is 2. The third kappa shape index (κ3) is 1.42. The summed E-state index contributed by atoms with van der Waals surface area (Å²) in [5.74, 6) is 0.693. The molecule has 0 spiro atoms. The summed E-state index contributed by atoms with van der Waals surface area (Å²) in [6.07, 6.45) is 0.853. The summed E-state index contributed by atoms with van der Waals surface area (Å²) in [4.78, 5) is 10.3. The first kappa shape index (κ1) is 7.90. The number of primary amides is 1. The Bertz CT molecular complexity index is 323. The molecule has 1 amide bonds. The summed E-state index contributed by atoms with van der Waals surface area (Å²) in [5.41, 5.74) is 4.83. The molecule has 2 N–H and O–H groups in total. The molecule has 1 aliphatic rings. The minimum Gasteiger partial charge on any atom is -0.475 e. The summed E-state index contributed by atoms with van der Waals surface area (Å²) < 4.78 is 11.6. The molecule has 1 atom stereocenters. The van der Waals surface area contributed by atoms with E-state index in [1.165, 1.54) is 0 Å². The maximum atomic E-state index is 10.3. The normalized spacial score (nSPS) is 19.2. The van der Waals surface area contributed by atoms with Crippen molar-refractivity contribution in [2.45, 2.75) is 6.04 Å². The molecule has 0 bridgehead atoms. The first-order chi connectivity index (χ1) is 6.27.